The number of methoxy groups -OCH3 is 1. The summed E-state index contributed by atoms with van der Waals surface area (Å²) < 4.78 is 18.8. The van der Waals surface area contributed by atoms with Crippen LogP contribution in [-0.4, -0.2) is 66.8 Å². The largest absolute Gasteiger partial charge is 0.465 e. The molecule has 0 saturated carbocycles. The van der Waals surface area contributed by atoms with Crippen molar-refractivity contribution < 1.29 is 33.7 Å². The summed E-state index contributed by atoms with van der Waals surface area (Å²) in [6, 6.07) is 5.26. The van der Waals surface area contributed by atoms with E-state index in [4.69, 9.17) is 5.11 Å². The quantitative estimate of drug-likeness (QED) is 0.178. The van der Waals surface area contributed by atoms with Crippen LogP contribution in [0.2, 0.25) is 0 Å². The first-order valence-corrected chi connectivity index (χ1v) is 10.4. The van der Waals surface area contributed by atoms with Gasteiger partial charge in [-0.3, -0.25) is 14.6 Å². The van der Waals surface area contributed by atoms with Crippen LogP contribution in [0.3, 0.4) is 0 Å². The van der Waals surface area contributed by atoms with E-state index in [1.54, 1.807) is 0 Å². The van der Waals surface area contributed by atoms with Gasteiger partial charge in [0.15, 0.2) is 0 Å². The van der Waals surface area contributed by atoms with Crippen LogP contribution in [0, 0.1) is 8.99 Å². The van der Waals surface area contributed by atoms with E-state index in [0.717, 1.165) is 16.2 Å². The van der Waals surface area contributed by atoms with Gasteiger partial charge in [0.2, 0.25) is 0 Å². The summed E-state index contributed by atoms with van der Waals surface area (Å²) >= 11 is 2.14. The van der Waals surface area contributed by atoms with Crippen molar-refractivity contribution in [3.05, 3.63) is 33.4 Å². The highest BCUT2D eigenvalue weighted by Gasteiger charge is 2.37. The number of alkyl carbamates (subject to hydrolysis) is 1. The Labute approximate surface area is 193 Å². The minimum Gasteiger partial charge on any atom is -0.465 e. The van der Waals surface area contributed by atoms with Crippen molar-refractivity contribution in [2.24, 2.45) is 5.41 Å². The van der Waals surface area contributed by atoms with Crippen LogP contribution >= 0.6 is 22.6 Å². The molecule has 31 heavy (non-hydrogen) atoms. The molecule has 1 rings (SSSR count). The molecule has 0 heterocycles. The number of alkyl halides is 1. The van der Waals surface area contributed by atoms with Gasteiger partial charge in [-0.25, -0.2) is 15.0 Å². The number of hydrogen-bond donors (Lipinski definition) is 6. The first-order chi connectivity index (χ1) is 14.5. The minimum absolute atomic E-state index is 0.206. The van der Waals surface area contributed by atoms with Crippen LogP contribution in [0.1, 0.15) is 19.4 Å². The summed E-state index contributed by atoms with van der Waals surface area (Å²) in [5.74, 6) is -0.749. The van der Waals surface area contributed by atoms with Gasteiger partial charge in [-0.15, -0.1) is 0 Å². The number of carboxylic acid groups (broad SMARTS) is 1. The summed E-state index contributed by atoms with van der Waals surface area (Å²) in [5.41, 5.74) is 4.39. The number of carbonyl (C=O) groups is 3. The van der Waals surface area contributed by atoms with Crippen LogP contribution in [0.5, 0.6) is 0 Å². The molecule has 174 valence electrons. The fraction of sp³-hybridized carbons (Fsp3) is 0.526. The number of aliphatic hydroxyl groups excluding tert-OH is 1. The minimum atomic E-state index is -1.30. The fourth-order valence-corrected chi connectivity index (χ4v) is 3.00. The molecule has 0 bridgehead atoms. The van der Waals surface area contributed by atoms with E-state index in [2.05, 4.69) is 48.8 Å². The van der Waals surface area contributed by atoms with E-state index in [0.29, 0.717) is 0 Å². The van der Waals surface area contributed by atoms with Crippen LogP contribution in [0.25, 0.3) is 0 Å². The Morgan fingerprint density at radius 2 is 1.81 bits per heavy atom. The van der Waals surface area contributed by atoms with Crippen LogP contribution in [0.15, 0.2) is 24.3 Å². The molecule has 0 aliphatic rings. The van der Waals surface area contributed by atoms with Crippen LogP contribution in [-0.2, 0) is 16.0 Å². The van der Waals surface area contributed by atoms with Gasteiger partial charge in [0, 0.05) is 15.5 Å². The molecule has 3 amide bonds. The number of halogens is 2. The number of rotatable bonds is 11. The van der Waals surface area contributed by atoms with Crippen molar-refractivity contribution in [3.8, 4) is 0 Å². The van der Waals surface area contributed by atoms with E-state index in [1.165, 1.54) is 13.8 Å². The summed E-state index contributed by atoms with van der Waals surface area (Å²) in [4.78, 5) is 35.1. The molecule has 3 unspecified atom stereocenters. The molecule has 6 N–H and O–H groups in total. The Kier molecular flexibility index (Phi) is 10.9. The predicted molar refractivity (Wildman–Crippen MR) is 119 cm³/mol. The standard InChI is InChI=1S/C19H28FIN4O6/c1-19(2,10-20)15(24-18(30)31-3)16(27)25-22-9-14(26)13(23-17(28)29)8-11-4-6-12(21)7-5-11/h4-7,13-15,22-23,26H,8-10H2,1-3H3,(H,24,30)(H,25,27)(H,28,29). The second-order valence-corrected chi connectivity index (χ2v) is 8.76. The van der Waals surface area contributed by atoms with E-state index < -0.39 is 48.4 Å². The third-order valence-corrected chi connectivity index (χ3v) is 5.22. The molecule has 1 aromatic rings. The molecule has 0 aliphatic heterocycles. The second-order valence-electron chi connectivity index (χ2n) is 7.52. The lowest BCUT2D eigenvalue weighted by Crippen LogP contribution is -2.59. The average molecular weight is 554 g/mol. The number of nitrogens with one attached hydrogen (secondary N) is 4. The fourth-order valence-electron chi connectivity index (χ4n) is 2.64. The van der Waals surface area contributed by atoms with Gasteiger partial charge in [0.25, 0.3) is 5.91 Å². The lowest BCUT2D eigenvalue weighted by Gasteiger charge is -2.31. The first-order valence-electron chi connectivity index (χ1n) is 9.35. The maximum atomic E-state index is 13.3. The summed E-state index contributed by atoms with van der Waals surface area (Å²) in [7, 11) is 1.12. The summed E-state index contributed by atoms with van der Waals surface area (Å²) in [6.45, 7) is 1.81. The van der Waals surface area contributed by atoms with Crippen LogP contribution in [0.4, 0.5) is 14.0 Å². The van der Waals surface area contributed by atoms with Crippen molar-refractivity contribution in [2.75, 3.05) is 20.3 Å². The Balaban J connectivity index is 2.73. The van der Waals surface area contributed by atoms with Gasteiger partial charge in [0.05, 0.1) is 25.9 Å². The molecule has 0 fully saturated rings. The molecule has 10 nitrogen and oxygen atoms in total. The maximum Gasteiger partial charge on any atom is 0.407 e. The van der Waals surface area contributed by atoms with Crippen molar-refractivity contribution in [1.29, 1.82) is 0 Å². The second kappa shape index (κ2) is 12.6. The normalized spacial score (nSPS) is 14.1. The van der Waals surface area contributed by atoms with Gasteiger partial charge in [0.1, 0.15) is 6.04 Å². The molecule has 3 atom stereocenters. The van der Waals surface area contributed by atoms with E-state index in [9.17, 15) is 23.9 Å². The molecule has 1 aromatic carbocycles. The topological polar surface area (TPSA) is 149 Å². The Morgan fingerprint density at radius 3 is 2.32 bits per heavy atom. The third-order valence-electron chi connectivity index (χ3n) is 4.50. The molecule has 0 saturated heterocycles. The van der Waals surface area contributed by atoms with Gasteiger partial charge in [-0.1, -0.05) is 26.0 Å². The highest BCUT2D eigenvalue weighted by Crippen LogP contribution is 2.21. The lowest BCUT2D eigenvalue weighted by atomic mass is 9.85. The number of ether oxygens (including phenoxy) is 1. The first kappa shape index (κ1) is 26.8. The van der Waals surface area contributed by atoms with E-state index in [1.807, 2.05) is 24.3 Å². The zero-order valence-corrected chi connectivity index (χ0v) is 19.6. The SMILES string of the molecule is COC(=O)NC(C(=O)NNCC(O)C(Cc1ccc(I)cc1)NC(=O)O)C(C)(C)CF. The molecule has 0 aromatic heterocycles. The number of hydrazine groups is 1. The average Bonchev–Trinajstić information content (AvgIpc) is 2.72. The number of aliphatic hydroxyl groups is 1. The van der Waals surface area contributed by atoms with E-state index in [-0.39, 0.29) is 13.0 Å². The monoisotopic (exact) mass is 554 g/mol. The van der Waals surface area contributed by atoms with Gasteiger partial charge < -0.3 is 25.6 Å². The predicted octanol–water partition coefficient (Wildman–Crippen LogP) is 1.17. The molecule has 12 heteroatoms. The Morgan fingerprint density at radius 1 is 1.19 bits per heavy atom. The third kappa shape index (κ3) is 9.23. The molecule has 0 spiro atoms. The molecule has 0 aliphatic carbocycles. The Bertz CT molecular complexity index is 749. The van der Waals surface area contributed by atoms with Gasteiger partial charge in [-0.2, -0.15) is 0 Å². The zero-order chi connectivity index (χ0) is 23.6. The highest BCUT2D eigenvalue weighted by molar-refractivity contribution is 14.1. The van der Waals surface area contributed by atoms with Crippen LogP contribution < -0.4 is 21.5 Å². The molecule has 0 radical (unpaired) electrons. The Hall–Kier alpha value is -2.19. The number of hydrogen-bond acceptors (Lipinski definition) is 6. The van der Waals surface area contributed by atoms with Gasteiger partial charge >= 0.3 is 12.2 Å². The lowest BCUT2D eigenvalue weighted by molar-refractivity contribution is -0.127. The number of amides is 3. The molecular formula is C19H28FIN4O6. The number of benzene rings is 1. The maximum absolute atomic E-state index is 13.3. The molecular weight excluding hydrogens is 526 g/mol. The van der Waals surface area contributed by atoms with E-state index >= 15 is 0 Å². The number of carbonyl (C=O) groups excluding carboxylic acids is 2. The smallest absolute Gasteiger partial charge is 0.407 e. The zero-order valence-electron chi connectivity index (χ0n) is 17.4. The summed E-state index contributed by atoms with van der Waals surface area (Å²) in [5, 5.41) is 24.0. The summed E-state index contributed by atoms with van der Waals surface area (Å²) in [6.07, 6.45) is -3.17. The van der Waals surface area contributed by atoms with Gasteiger partial charge in [-0.05, 0) is 46.7 Å². The van der Waals surface area contributed by atoms with Crippen molar-refractivity contribution in [3.63, 3.8) is 0 Å². The highest BCUT2D eigenvalue weighted by atomic mass is 127. The van der Waals surface area contributed by atoms with Crippen molar-refractivity contribution in [2.45, 2.75) is 38.5 Å². The van der Waals surface area contributed by atoms with Crippen molar-refractivity contribution in [1.82, 2.24) is 21.5 Å². The van der Waals surface area contributed by atoms with Crippen molar-refractivity contribution >= 4 is 40.7 Å².